The Morgan fingerprint density at radius 1 is 1.05 bits per heavy atom. The molecule has 7 rings (SSSR count). The smallest absolute Gasteiger partial charge is 0.273 e. The van der Waals surface area contributed by atoms with E-state index in [1.54, 1.807) is 10.6 Å². The molecule has 0 radical (unpaired) electrons. The average molecular weight is 502 g/mol. The van der Waals surface area contributed by atoms with Crippen molar-refractivity contribution in [2.75, 3.05) is 30.4 Å². The number of primary amides is 1. The zero-order valence-corrected chi connectivity index (χ0v) is 21.0. The Hall–Kier alpha value is -3.76. The molecule has 3 saturated carbocycles. The van der Waals surface area contributed by atoms with Crippen molar-refractivity contribution in [2.24, 2.45) is 16.6 Å². The summed E-state index contributed by atoms with van der Waals surface area (Å²) in [6.45, 7) is 2.20. The number of nitrogens with one attached hydrogen (secondary N) is 2. The lowest BCUT2D eigenvalue weighted by atomic mass is 9.68. The number of carbonyl (C=O) groups is 2. The normalized spacial score (nSPS) is 24.6. The molecule has 3 aromatic heterocycles. The molecular weight excluding hydrogens is 470 g/mol. The van der Waals surface area contributed by atoms with Gasteiger partial charge in [-0.3, -0.25) is 9.59 Å². The van der Waals surface area contributed by atoms with Gasteiger partial charge in [-0.05, 0) is 55.7 Å². The molecule has 3 aliphatic carbocycles. The second kappa shape index (κ2) is 7.62. The summed E-state index contributed by atoms with van der Waals surface area (Å²) in [5, 5.41) is 18.8. The molecule has 0 unspecified atom stereocenters. The molecule has 37 heavy (non-hydrogen) atoms. The third-order valence-electron chi connectivity index (χ3n) is 9.23. The maximum absolute atomic E-state index is 12.5. The lowest BCUT2D eigenvalue weighted by molar-refractivity contribution is -0.121. The van der Waals surface area contributed by atoms with Gasteiger partial charge >= 0.3 is 0 Å². The van der Waals surface area contributed by atoms with Gasteiger partial charge in [0.2, 0.25) is 11.9 Å². The summed E-state index contributed by atoms with van der Waals surface area (Å²) >= 11 is 0. The van der Waals surface area contributed by atoms with Crippen molar-refractivity contribution < 1.29 is 9.59 Å². The van der Waals surface area contributed by atoms with Crippen molar-refractivity contribution in [2.45, 2.75) is 56.8 Å². The number of aromatic nitrogens is 5. The minimum absolute atomic E-state index is 0.0931. The Kier molecular flexibility index (Phi) is 4.62. The second-order valence-corrected chi connectivity index (χ2v) is 11.5. The van der Waals surface area contributed by atoms with Gasteiger partial charge in [0, 0.05) is 25.6 Å². The summed E-state index contributed by atoms with van der Waals surface area (Å²) < 4.78 is 1.75. The van der Waals surface area contributed by atoms with Crippen LogP contribution < -0.4 is 21.3 Å². The third kappa shape index (κ3) is 3.32. The average Bonchev–Trinajstić information content (AvgIpc) is 3.77. The van der Waals surface area contributed by atoms with Crippen LogP contribution in [-0.2, 0) is 10.2 Å². The van der Waals surface area contributed by atoms with Crippen LogP contribution in [0.1, 0.15) is 67.5 Å². The molecule has 1 saturated heterocycles. The van der Waals surface area contributed by atoms with E-state index in [2.05, 4.69) is 41.9 Å². The summed E-state index contributed by atoms with van der Waals surface area (Å²) in [6.07, 6.45) is 11.3. The van der Waals surface area contributed by atoms with E-state index >= 15 is 0 Å². The Bertz CT molecular complexity index is 1430. The number of pyridine rings is 1. The van der Waals surface area contributed by atoms with Gasteiger partial charge in [0.1, 0.15) is 0 Å². The first-order valence-electron chi connectivity index (χ1n) is 13.2. The summed E-state index contributed by atoms with van der Waals surface area (Å²) in [5.74, 6) is -0.455. The maximum Gasteiger partial charge on any atom is 0.273 e. The Balaban J connectivity index is 1.17. The topological polar surface area (TPSA) is 143 Å². The molecule has 2 spiro atoms. The van der Waals surface area contributed by atoms with Gasteiger partial charge in [0.05, 0.1) is 28.7 Å². The molecule has 2 amide bonds. The minimum atomic E-state index is -0.814. The van der Waals surface area contributed by atoms with Crippen molar-refractivity contribution >= 4 is 34.8 Å². The Morgan fingerprint density at radius 2 is 1.84 bits per heavy atom. The first-order chi connectivity index (χ1) is 17.9. The SMILES string of the molecule is CNC(=O)c1nnc([C@@]2(C(N)=O)CC23CC3)cc1Nc1nc2ccc(N3CC4(CCCCC4)C3)cn2n1. The number of nitrogens with two attached hydrogens (primary N) is 1. The highest BCUT2D eigenvalue weighted by atomic mass is 16.2. The molecule has 11 nitrogen and oxygen atoms in total. The van der Waals surface area contributed by atoms with E-state index in [1.165, 1.54) is 39.2 Å². The van der Waals surface area contributed by atoms with E-state index in [0.717, 1.165) is 31.6 Å². The number of nitrogens with zero attached hydrogens (tertiary/aromatic N) is 6. The van der Waals surface area contributed by atoms with Crippen LogP contribution in [0.15, 0.2) is 24.4 Å². The quantitative estimate of drug-likeness (QED) is 0.467. The molecule has 4 fully saturated rings. The van der Waals surface area contributed by atoms with Crippen molar-refractivity contribution in [1.29, 1.82) is 0 Å². The third-order valence-corrected chi connectivity index (χ3v) is 9.23. The lowest BCUT2D eigenvalue weighted by Gasteiger charge is -2.53. The van der Waals surface area contributed by atoms with Crippen LogP contribution in [0.3, 0.4) is 0 Å². The van der Waals surface area contributed by atoms with Crippen molar-refractivity contribution in [1.82, 2.24) is 30.1 Å². The first kappa shape index (κ1) is 22.4. The fourth-order valence-electron chi connectivity index (χ4n) is 6.83. The molecule has 11 heteroatoms. The largest absolute Gasteiger partial charge is 0.369 e. The van der Waals surface area contributed by atoms with E-state index < -0.39 is 17.2 Å². The fraction of sp³-hybridized carbons (Fsp3) is 0.538. The van der Waals surface area contributed by atoms with Gasteiger partial charge < -0.3 is 21.3 Å². The standard InChI is InChI=1S/C26H31N9O2/c1-28-21(36)20-17(11-18(31-32-20)26(22(27)37)13-25(26)9-10-25)29-23-30-19-6-5-16(12-35(19)33-23)34-14-24(15-34)7-3-2-4-8-24/h5-6,11-12H,2-4,7-10,13-15H2,1H3,(H2,27,37)(H,28,36)(H,29,31,33)/t26-/m1/s1. The van der Waals surface area contributed by atoms with Crippen LogP contribution in [0.2, 0.25) is 0 Å². The summed E-state index contributed by atoms with van der Waals surface area (Å²) in [5.41, 5.74) is 8.22. The van der Waals surface area contributed by atoms with Crippen LogP contribution in [-0.4, -0.2) is 56.7 Å². The molecule has 0 bridgehead atoms. The molecule has 4 aliphatic rings. The van der Waals surface area contributed by atoms with Crippen LogP contribution in [0.4, 0.5) is 17.3 Å². The molecule has 3 aromatic rings. The molecule has 0 aromatic carbocycles. The van der Waals surface area contributed by atoms with Crippen molar-refractivity contribution in [3.05, 3.63) is 35.8 Å². The van der Waals surface area contributed by atoms with Crippen LogP contribution >= 0.6 is 0 Å². The monoisotopic (exact) mass is 501 g/mol. The predicted molar refractivity (Wildman–Crippen MR) is 137 cm³/mol. The highest BCUT2D eigenvalue weighted by molar-refractivity contribution is 5.98. The van der Waals surface area contributed by atoms with Crippen LogP contribution in [0.5, 0.6) is 0 Å². The number of anilines is 3. The van der Waals surface area contributed by atoms with Gasteiger partial charge in [-0.2, -0.15) is 10.1 Å². The molecule has 1 atom stereocenters. The van der Waals surface area contributed by atoms with Gasteiger partial charge in [-0.25, -0.2) is 4.52 Å². The highest BCUT2D eigenvalue weighted by Gasteiger charge is 2.78. The fourth-order valence-corrected chi connectivity index (χ4v) is 6.83. The van der Waals surface area contributed by atoms with Crippen LogP contribution in [0.25, 0.3) is 5.65 Å². The van der Waals surface area contributed by atoms with Crippen LogP contribution in [0, 0.1) is 10.8 Å². The minimum Gasteiger partial charge on any atom is -0.369 e. The lowest BCUT2D eigenvalue weighted by Crippen LogP contribution is -2.57. The summed E-state index contributed by atoms with van der Waals surface area (Å²) in [7, 11) is 1.53. The molecule has 1 aliphatic heterocycles. The van der Waals surface area contributed by atoms with E-state index in [0.29, 0.717) is 34.8 Å². The molecule has 4 heterocycles. The van der Waals surface area contributed by atoms with E-state index in [-0.39, 0.29) is 11.1 Å². The number of fused-ring (bicyclic) bond motifs is 1. The maximum atomic E-state index is 12.5. The molecule has 192 valence electrons. The Labute approximate surface area is 214 Å². The van der Waals surface area contributed by atoms with E-state index in [4.69, 9.17) is 5.73 Å². The first-order valence-corrected chi connectivity index (χ1v) is 13.2. The molecule has 4 N–H and O–H groups in total. The molecular formula is C26H31N9O2. The number of rotatable bonds is 6. The van der Waals surface area contributed by atoms with Crippen molar-refractivity contribution in [3.63, 3.8) is 0 Å². The zero-order valence-electron chi connectivity index (χ0n) is 21.0. The van der Waals surface area contributed by atoms with E-state index in [1.807, 2.05) is 12.3 Å². The number of hydrogen-bond acceptors (Lipinski definition) is 8. The van der Waals surface area contributed by atoms with Crippen molar-refractivity contribution in [3.8, 4) is 0 Å². The van der Waals surface area contributed by atoms with Gasteiger partial charge in [-0.15, -0.1) is 10.2 Å². The highest BCUT2D eigenvalue weighted by Crippen LogP contribution is 2.78. The Morgan fingerprint density at radius 3 is 2.51 bits per heavy atom. The predicted octanol–water partition coefficient (Wildman–Crippen LogP) is 2.30. The van der Waals surface area contributed by atoms with Gasteiger partial charge in [0.15, 0.2) is 11.3 Å². The number of carbonyl (C=O) groups excluding carboxylic acids is 2. The van der Waals surface area contributed by atoms with E-state index in [9.17, 15) is 9.59 Å². The number of hydrogen-bond donors (Lipinski definition) is 3. The summed E-state index contributed by atoms with van der Waals surface area (Å²) in [4.78, 5) is 32.0. The van der Waals surface area contributed by atoms with Gasteiger partial charge in [0.25, 0.3) is 5.91 Å². The zero-order chi connectivity index (χ0) is 25.4. The number of amides is 2. The summed E-state index contributed by atoms with van der Waals surface area (Å²) in [6, 6.07) is 5.75. The van der Waals surface area contributed by atoms with Gasteiger partial charge in [-0.1, -0.05) is 19.3 Å². The second-order valence-electron chi connectivity index (χ2n) is 11.5.